The van der Waals surface area contributed by atoms with Gasteiger partial charge in [0.1, 0.15) is 0 Å². The van der Waals surface area contributed by atoms with Crippen LogP contribution in [0.25, 0.3) is 0 Å². The van der Waals surface area contributed by atoms with E-state index in [1.165, 1.54) is 0 Å². The van der Waals surface area contributed by atoms with Crippen LogP contribution in [0.15, 0.2) is 12.2 Å². The molecule has 0 radical (unpaired) electrons. The van der Waals surface area contributed by atoms with Gasteiger partial charge in [-0.15, -0.1) is 0 Å². The second-order valence-electron chi connectivity index (χ2n) is 2.97. The van der Waals surface area contributed by atoms with Gasteiger partial charge in [-0.2, -0.15) is 5.26 Å². The van der Waals surface area contributed by atoms with Gasteiger partial charge in [0.15, 0.2) is 0 Å². The first-order valence-electron chi connectivity index (χ1n) is 4.04. The predicted octanol–water partition coefficient (Wildman–Crippen LogP) is 1.62. The largest absolute Gasteiger partial charge is 0.392 e. The van der Waals surface area contributed by atoms with Gasteiger partial charge < -0.3 is 5.11 Å². The van der Waals surface area contributed by atoms with Crippen molar-refractivity contribution < 1.29 is 5.11 Å². The van der Waals surface area contributed by atoms with Crippen molar-refractivity contribution in [2.75, 3.05) is 0 Å². The van der Waals surface area contributed by atoms with Crippen LogP contribution in [0.1, 0.15) is 25.7 Å². The zero-order chi connectivity index (χ0) is 8.10. The molecule has 0 bridgehead atoms. The molecule has 0 amide bonds. The van der Waals surface area contributed by atoms with Gasteiger partial charge in [-0.3, -0.25) is 0 Å². The van der Waals surface area contributed by atoms with Crippen molar-refractivity contribution >= 4 is 0 Å². The summed E-state index contributed by atoms with van der Waals surface area (Å²) in [6.45, 7) is 0. The summed E-state index contributed by atoms with van der Waals surface area (Å²) < 4.78 is 0. The summed E-state index contributed by atoms with van der Waals surface area (Å²) in [5.41, 5.74) is 0. The van der Waals surface area contributed by atoms with Gasteiger partial charge in [0.05, 0.1) is 18.6 Å². The lowest BCUT2D eigenvalue weighted by Crippen LogP contribution is -2.20. The lowest BCUT2D eigenvalue weighted by atomic mass is 9.88. The van der Waals surface area contributed by atoms with Crippen LogP contribution in [0.4, 0.5) is 0 Å². The molecule has 60 valence electrons. The molecule has 1 aliphatic rings. The number of hydrogen-bond donors (Lipinski definition) is 1. The number of allylic oxidation sites excluding steroid dienone is 2. The maximum Gasteiger partial charge on any atom is 0.0701 e. The van der Waals surface area contributed by atoms with E-state index in [0.29, 0.717) is 5.92 Å². The molecule has 0 fully saturated rings. The first kappa shape index (κ1) is 8.29. The Morgan fingerprint density at radius 3 is 3.00 bits per heavy atom. The number of nitrogens with zero attached hydrogens (tertiary/aromatic N) is 1. The molecule has 0 spiro atoms. The fraction of sp³-hybridized carbons (Fsp3) is 0.667. The molecule has 0 aliphatic heterocycles. The van der Waals surface area contributed by atoms with E-state index in [2.05, 4.69) is 12.2 Å². The molecule has 1 N–H and O–H groups in total. The zero-order valence-electron chi connectivity index (χ0n) is 6.53. The Morgan fingerprint density at radius 1 is 1.64 bits per heavy atom. The van der Waals surface area contributed by atoms with Crippen LogP contribution in [0.2, 0.25) is 0 Å². The number of hydrogen-bond acceptors (Lipinski definition) is 2. The quantitative estimate of drug-likeness (QED) is 0.609. The molecule has 11 heavy (non-hydrogen) atoms. The van der Waals surface area contributed by atoms with E-state index in [1.807, 2.05) is 6.07 Å². The third-order valence-corrected chi connectivity index (χ3v) is 2.15. The lowest BCUT2D eigenvalue weighted by Gasteiger charge is -2.21. The molecule has 0 saturated carbocycles. The highest BCUT2D eigenvalue weighted by Crippen LogP contribution is 2.22. The SMILES string of the molecule is N#CCC(O)C1CC=CCC1. The van der Waals surface area contributed by atoms with E-state index < -0.39 is 6.10 Å². The summed E-state index contributed by atoms with van der Waals surface area (Å²) in [5, 5.41) is 17.8. The number of rotatable bonds is 2. The van der Waals surface area contributed by atoms with Gasteiger partial charge >= 0.3 is 0 Å². The topological polar surface area (TPSA) is 44.0 Å². The molecule has 2 unspecified atom stereocenters. The maximum atomic E-state index is 9.42. The molecule has 0 aromatic heterocycles. The summed E-state index contributed by atoms with van der Waals surface area (Å²) in [6, 6.07) is 1.99. The molecule has 2 nitrogen and oxygen atoms in total. The van der Waals surface area contributed by atoms with Crippen LogP contribution < -0.4 is 0 Å². The molecule has 1 aliphatic carbocycles. The highest BCUT2D eigenvalue weighted by molar-refractivity contribution is 4.93. The van der Waals surface area contributed by atoms with Crippen molar-refractivity contribution in [3.8, 4) is 6.07 Å². The van der Waals surface area contributed by atoms with Gasteiger partial charge in [0.25, 0.3) is 0 Å². The second kappa shape index (κ2) is 4.15. The number of aliphatic hydroxyl groups is 1. The fourth-order valence-corrected chi connectivity index (χ4v) is 1.43. The van der Waals surface area contributed by atoms with Gasteiger partial charge in [-0.05, 0) is 25.2 Å². The molecule has 0 aromatic carbocycles. The molecule has 0 aromatic rings. The minimum absolute atomic E-state index is 0.276. The molecule has 1 rings (SSSR count). The molecule has 2 heteroatoms. The maximum absolute atomic E-state index is 9.42. The van der Waals surface area contributed by atoms with E-state index in [0.717, 1.165) is 19.3 Å². The smallest absolute Gasteiger partial charge is 0.0701 e. The Kier molecular flexibility index (Phi) is 3.13. The van der Waals surface area contributed by atoms with Gasteiger partial charge in [-0.1, -0.05) is 12.2 Å². The van der Waals surface area contributed by atoms with Crippen molar-refractivity contribution in [1.29, 1.82) is 5.26 Å². The fourth-order valence-electron chi connectivity index (χ4n) is 1.43. The average molecular weight is 151 g/mol. The zero-order valence-corrected chi connectivity index (χ0v) is 6.53. The second-order valence-corrected chi connectivity index (χ2v) is 2.97. The third kappa shape index (κ3) is 2.36. The molecular formula is C9H13NO. The van der Waals surface area contributed by atoms with Gasteiger partial charge in [0.2, 0.25) is 0 Å². The summed E-state index contributed by atoms with van der Waals surface area (Å²) in [6.07, 6.45) is 7.10. The predicted molar refractivity (Wildman–Crippen MR) is 42.7 cm³/mol. The van der Waals surface area contributed by atoms with E-state index in [9.17, 15) is 5.11 Å². The number of aliphatic hydroxyl groups excluding tert-OH is 1. The van der Waals surface area contributed by atoms with Crippen molar-refractivity contribution in [2.24, 2.45) is 5.92 Å². The van der Waals surface area contributed by atoms with Gasteiger partial charge in [0, 0.05) is 0 Å². The minimum atomic E-state index is -0.412. The first-order valence-corrected chi connectivity index (χ1v) is 4.04. The van der Waals surface area contributed by atoms with Crippen LogP contribution in [0.5, 0.6) is 0 Å². The van der Waals surface area contributed by atoms with Crippen LogP contribution in [0.3, 0.4) is 0 Å². The minimum Gasteiger partial charge on any atom is -0.392 e. The lowest BCUT2D eigenvalue weighted by molar-refractivity contribution is 0.106. The third-order valence-electron chi connectivity index (χ3n) is 2.15. The van der Waals surface area contributed by atoms with Crippen LogP contribution in [0, 0.1) is 17.2 Å². The first-order chi connectivity index (χ1) is 5.34. The Hall–Kier alpha value is -0.810. The summed E-state index contributed by atoms with van der Waals surface area (Å²) in [5.74, 6) is 0.319. The van der Waals surface area contributed by atoms with Crippen molar-refractivity contribution in [3.63, 3.8) is 0 Å². The molecule has 0 saturated heterocycles. The Balaban J connectivity index is 2.35. The Morgan fingerprint density at radius 2 is 2.45 bits per heavy atom. The van der Waals surface area contributed by atoms with Crippen molar-refractivity contribution in [3.05, 3.63) is 12.2 Å². The van der Waals surface area contributed by atoms with Crippen molar-refractivity contribution in [2.45, 2.75) is 31.8 Å². The van der Waals surface area contributed by atoms with Crippen LogP contribution >= 0.6 is 0 Å². The van der Waals surface area contributed by atoms with E-state index in [4.69, 9.17) is 5.26 Å². The summed E-state index contributed by atoms with van der Waals surface area (Å²) in [4.78, 5) is 0. The van der Waals surface area contributed by atoms with Gasteiger partial charge in [-0.25, -0.2) is 0 Å². The number of nitriles is 1. The Labute approximate surface area is 67.2 Å². The van der Waals surface area contributed by atoms with Crippen LogP contribution in [-0.4, -0.2) is 11.2 Å². The highest BCUT2D eigenvalue weighted by atomic mass is 16.3. The summed E-state index contributed by atoms with van der Waals surface area (Å²) >= 11 is 0. The van der Waals surface area contributed by atoms with Crippen LogP contribution in [-0.2, 0) is 0 Å². The normalized spacial score (nSPS) is 26.0. The van der Waals surface area contributed by atoms with E-state index in [1.54, 1.807) is 0 Å². The molecule has 2 atom stereocenters. The summed E-state index contributed by atoms with van der Waals surface area (Å²) in [7, 11) is 0. The van der Waals surface area contributed by atoms with Crippen molar-refractivity contribution in [1.82, 2.24) is 0 Å². The highest BCUT2D eigenvalue weighted by Gasteiger charge is 2.18. The standard InChI is InChI=1S/C9H13NO/c10-7-6-9(11)8-4-2-1-3-5-8/h1-2,8-9,11H,3-6H2. The molecule has 0 heterocycles. The van der Waals surface area contributed by atoms with E-state index >= 15 is 0 Å². The Bertz CT molecular complexity index is 180. The monoisotopic (exact) mass is 151 g/mol. The average Bonchev–Trinajstić information content (AvgIpc) is 2.07. The van der Waals surface area contributed by atoms with E-state index in [-0.39, 0.29) is 6.42 Å². The molecular weight excluding hydrogens is 138 g/mol.